The molecule has 0 amide bonds. The Labute approximate surface area is 136 Å². The lowest BCUT2D eigenvalue weighted by molar-refractivity contribution is 0.0617. The van der Waals surface area contributed by atoms with E-state index in [0.29, 0.717) is 24.1 Å². The van der Waals surface area contributed by atoms with Crippen LogP contribution in [-0.2, 0) is 14.8 Å². The number of sulfonamides is 1. The van der Waals surface area contributed by atoms with Crippen molar-refractivity contribution in [3.63, 3.8) is 0 Å². The van der Waals surface area contributed by atoms with E-state index < -0.39 is 10.0 Å². The Kier molecular flexibility index (Phi) is 4.89. The van der Waals surface area contributed by atoms with Gasteiger partial charge in [-0.2, -0.15) is 4.31 Å². The van der Waals surface area contributed by atoms with Crippen molar-refractivity contribution in [1.29, 1.82) is 0 Å². The van der Waals surface area contributed by atoms with Crippen LogP contribution < -0.4 is 0 Å². The van der Waals surface area contributed by atoms with E-state index in [2.05, 4.69) is 4.90 Å². The summed E-state index contributed by atoms with van der Waals surface area (Å²) in [7, 11) is -3.34. The Hall–Kier alpha value is -0.470. The quantitative estimate of drug-likeness (QED) is 0.836. The first-order valence-corrected chi connectivity index (χ1v) is 10.1. The van der Waals surface area contributed by atoms with Gasteiger partial charge in [0.05, 0.1) is 11.0 Å². The summed E-state index contributed by atoms with van der Waals surface area (Å²) >= 11 is 1.55. The molecule has 22 heavy (non-hydrogen) atoms. The van der Waals surface area contributed by atoms with Gasteiger partial charge < -0.3 is 4.74 Å². The fraction of sp³-hybridized carbons (Fsp3) is 0.733. The minimum Gasteiger partial charge on any atom is -0.377 e. The third-order valence-corrected chi connectivity index (χ3v) is 7.55. The van der Waals surface area contributed by atoms with Crippen molar-refractivity contribution in [2.45, 2.75) is 37.7 Å². The minimum atomic E-state index is -3.34. The SMILES string of the molecule is Cc1cc(S(=O)(=O)N2CCN(C[C@H]3CCCO3)CC2)c(C)s1. The van der Waals surface area contributed by atoms with Crippen LogP contribution in [0.3, 0.4) is 0 Å². The molecule has 7 heteroatoms. The fourth-order valence-electron chi connectivity index (χ4n) is 3.23. The zero-order chi connectivity index (χ0) is 15.7. The van der Waals surface area contributed by atoms with Crippen molar-refractivity contribution in [2.24, 2.45) is 0 Å². The van der Waals surface area contributed by atoms with Crippen LogP contribution >= 0.6 is 11.3 Å². The third-order valence-electron chi connectivity index (χ3n) is 4.43. The number of rotatable bonds is 4. The molecule has 2 aliphatic heterocycles. The Balaban J connectivity index is 1.61. The van der Waals surface area contributed by atoms with E-state index in [-0.39, 0.29) is 0 Å². The smallest absolute Gasteiger partial charge is 0.244 e. The number of nitrogens with zero attached hydrogens (tertiary/aromatic N) is 2. The van der Waals surface area contributed by atoms with Crippen LogP contribution in [0.5, 0.6) is 0 Å². The third kappa shape index (κ3) is 3.38. The largest absolute Gasteiger partial charge is 0.377 e. The highest BCUT2D eigenvalue weighted by Crippen LogP contribution is 2.28. The van der Waals surface area contributed by atoms with E-state index in [4.69, 9.17) is 4.74 Å². The van der Waals surface area contributed by atoms with Gasteiger partial charge in [-0.25, -0.2) is 8.42 Å². The summed E-state index contributed by atoms with van der Waals surface area (Å²) in [4.78, 5) is 4.75. The maximum atomic E-state index is 12.8. The maximum absolute atomic E-state index is 12.8. The van der Waals surface area contributed by atoms with E-state index in [9.17, 15) is 8.42 Å². The van der Waals surface area contributed by atoms with Gasteiger partial charge >= 0.3 is 0 Å². The lowest BCUT2D eigenvalue weighted by Crippen LogP contribution is -2.50. The Morgan fingerprint density at radius 1 is 1.27 bits per heavy atom. The number of thiophene rings is 1. The fourth-order valence-corrected chi connectivity index (χ4v) is 6.18. The first-order valence-electron chi connectivity index (χ1n) is 7.88. The average Bonchev–Trinajstić information content (AvgIpc) is 3.09. The van der Waals surface area contributed by atoms with Gasteiger partial charge in [-0.15, -0.1) is 11.3 Å². The molecule has 2 aliphatic rings. The summed E-state index contributed by atoms with van der Waals surface area (Å²) in [6.07, 6.45) is 2.62. The monoisotopic (exact) mass is 344 g/mol. The average molecular weight is 345 g/mol. The second-order valence-electron chi connectivity index (χ2n) is 6.12. The van der Waals surface area contributed by atoms with Crippen molar-refractivity contribution in [1.82, 2.24) is 9.21 Å². The van der Waals surface area contributed by atoms with Crippen molar-refractivity contribution >= 4 is 21.4 Å². The molecule has 0 aliphatic carbocycles. The lowest BCUT2D eigenvalue weighted by atomic mass is 10.2. The van der Waals surface area contributed by atoms with E-state index in [1.807, 2.05) is 13.8 Å². The summed E-state index contributed by atoms with van der Waals surface area (Å²) < 4.78 is 32.8. The second kappa shape index (κ2) is 6.57. The second-order valence-corrected chi connectivity index (χ2v) is 9.48. The predicted molar refractivity (Wildman–Crippen MR) is 88.0 cm³/mol. The normalized spacial score (nSPS) is 24.9. The van der Waals surface area contributed by atoms with Crippen LogP contribution in [0.15, 0.2) is 11.0 Å². The molecule has 0 spiro atoms. The van der Waals surface area contributed by atoms with E-state index in [1.54, 1.807) is 21.7 Å². The van der Waals surface area contributed by atoms with Gasteiger partial charge in [0.15, 0.2) is 0 Å². The molecule has 0 saturated carbocycles. The van der Waals surface area contributed by atoms with Gasteiger partial charge in [0, 0.05) is 49.1 Å². The number of piperazine rings is 1. The van der Waals surface area contributed by atoms with Gasteiger partial charge in [0.2, 0.25) is 10.0 Å². The molecule has 1 atom stereocenters. The topological polar surface area (TPSA) is 49.9 Å². The van der Waals surface area contributed by atoms with Gasteiger partial charge in [0.1, 0.15) is 0 Å². The van der Waals surface area contributed by atoms with Crippen LogP contribution in [0, 0.1) is 13.8 Å². The zero-order valence-electron chi connectivity index (χ0n) is 13.2. The maximum Gasteiger partial charge on any atom is 0.244 e. The molecular formula is C15H24N2O3S2. The first kappa shape index (κ1) is 16.4. The standard InChI is InChI=1S/C15H24N2O3S2/c1-12-10-15(13(2)21-12)22(18,19)17-7-5-16(6-8-17)11-14-4-3-9-20-14/h10,14H,3-9,11H2,1-2H3/t14-/m1/s1. The Morgan fingerprint density at radius 2 is 2.00 bits per heavy atom. The summed E-state index contributed by atoms with van der Waals surface area (Å²) in [6.45, 7) is 8.38. The van der Waals surface area contributed by atoms with E-state index in [0.717, 1.165) is 48.8 Å². The van der Waals surface area contributed by atoms with Gasteiger partial charge in [-0.1, -0.05) is 0 Å². The highest BCUT2D eigenvalue weighted by atomic mass is 32.2. The molecule has 3 heterocycles. The molecule has 1 aromatic heterocycles. The van der Waals surface area contributed by atoms with E-state index in [1.165, 1.54) is 0 Å². The molecular weight excluding hydrogens is 320 g/mol. The Bertz CT molecular complexity index is 613. The van der Waals surface area contributed by atoms with Crippen molar-refractivity contribution in [3.8, 4) is 0 Å². The molecule has 5 nitrogen and oxygen atoms in total. The van der Waals surface area contributed by atoms with Crippen LogP contribution in [0.25, 0.3) is 0 Å². The molecule has 0 bridgehead atoms. The molecule has 1 aromatic rings. The van der Waals surface area contributed by atoms with E-state index >= 15 is 0 Å². The predicted octanol–water partition coefficient (Wildman–Crippen LogP) is 1.85. The van der Waals surface area contributed by atoms with Crippen molar-refractivity contribution in [3.05, 3.63) is 15.8 Å². The summed E-state index contributed by atoms with van der Waals surface area (Å²) in [5.74, 6) is 0. The number of ether oxygens (including phenoxy) is 1. The molecule has 2 saturated heterocycles. The molecule has 0 unspecified atom stereocenters. The molecule has 124 valence electrons. The minimum absolute atomic E-state index is 0.338. The molecule has 0 N–H and O–H groups in total. The molecule has 3 rings (SSSR count). The van der Waals surface area contributed by atoms with Gasteiger partial charge in [-0.3, -0.25) is 4.90 Å². The summed E-state index contributed by atoms with van der Waals surface area (Å²) in [5, 5.41) is 0. The highest BCUT2D eigenvalue weighted by molar-refractivity contribution is 7.89. The molecule has 0 radical (unpaired) electrons. The Morgan fingerprint density at radius 3 is 2.55 bits per heavy atom. The number of hydrogen-bond donors (Lipinski definition) is 0. The molecule has 2 fully saturated rings. The number of hydrogen-bond acceptors (Lipinski definition) is 5. The van der Waals surface area contributed by atoms with Gasteiger partial charge in [0.25, 0.3) is 0 Å². The van der Waals surface area contributed by atoms with Crippen LogP contribution in [0.2, 0.25) is 0 Å². The van der Waals surface area contributed by atoms with Crippen LogP contribution in [0.1, 0.15) is 22.6 Å². The van der Waals surface area contributed by atoms with Crippen LogP contribution in [0.4, 0.5) is 0 Å². The number of aryl methyl sites for hydroxylation is 2. The molecule has 0 aromatic carbocycles. The summed E-state index contributed by atoms with van der Waals surface area (Å²) in [6, 6.07) is 1.80. The zero-order valence-corrected chi connectivity index (χ0v) is 14.9. The van der Waals surface area contributed by atoms with Crippen molar-refractivity contribution in [2.75, 3.05) is 39.3 Å². The van der Waals surface area contributed by atoms with Gasteiger partial charge in [-0.05, 0) is 32.8 Å². The van der Waals surface area contributed by atoms with Crippen molar-refractivity contribution < 1.29 is 13.2 Å². The lowest BCUT2D eigenvalue weighted by Gasteiger charge is -2.34. The summed E-state index contributed by atoms with van der Waals surface area (Å²) in [5.41, 5.74) is 0. The first-order chi connectivity index (χ1) is 10.5. The highest BCUT2D eigenvalue weighted by Gasteiger charge is 2.31. The van der Waals surface area contributed by atoms with Crippen LogP contribution in [-0.4, -0.2) is 63.1 Å².